The number of hydrogen-bond acceptors (Lipinski definition) is 2. The molecule has 0 radical (unpaired) electrons. The van der Waals surface area contributed by atoms with Gasteiger partial charge in [0.2, 0.25) is 0 Å². The van der Waals surface area contributed by atoms with Gasteiger partial charge in [0, 0.05) is 5.41 Å². The van der Waals surface area contributed by atoms with E-state index in [1.54, 1.807) is 12.1 Å². The molecule has 0 aliphatic heterocycles. The first-order valence-electron chi connectivity index (χ1n) is 6.53. The summed E-state index contributed by atoms with van der Waals surface area (Å²) < 4.78 is 39.5. The van der Waals surface area contributed by atoms with Crippen LogP contribution in [0.1, 0.15) is 31.0 Å². The van der Waals surface area contributed by atoms with E-state index in [1.165, 1.54) is 18.2 Å². The molecule has 0 saturated carbocycles. The summed E-state index contributed by atoms with van der Waals surface area (Å²) in [5.74, 6) is 3.44. The molecule has 2 rings (SSSR count). The summed E-state index contributed by atoms with van der Waals surface area (Å²) in [5.41, 5.74) is 3.44. The lowest BCUT2D eigenvalue weighted by atomic mass is 9.75. The monoisotopic (exact) mass is 294 g/mol. The van der Waals surface area contributed by atoms with E-state index in [0.717, 1.165) is 17.7 Å². The normalized spacial score (nSPS) is 13.2. The number of hydrazine groups is 1. The van der Waals surface area contributed by atoms with Gasteiger partial charge in [-0.1, -0.05) is 32.0 Å². The zero-order valence-electron chi connectivity index (χ0n) is 11.8. The van der Waals surface area contributed by atoms with Crippen LogP contribution in [-0.2, 0) is 5.41 Å². The lowest BCUT2D eigenvalue weighted by Crippen LogP contribution is -2.41. The van der Waals surface area contributed by atoms with Gasteiger partial charge in [-0.15, -0.1) is 0 Å². The Hall–Kier alpha value is -1.85. The van der Waals surface area contributed by atoms with Gasteiger partial charge in [-0.2, -0.15) is 0 Å². The van der Waals surface area contributed by atoms with E-state index in [1.807, 2.05) is 13.8 Å². The average molecular weight is 294 g/mol. The molecule has 112 valence electrons. The van der Waals surface area contributed by atoms with Crippen LogP contribution >= 0.6 is 0 Å². The number of nitrogens with one attached hydrogen (secondary N) is 1. The number of halogens is 3. The van der Waals surface area contributed by atoms with Gasteiger partial charge in [0.05, 0.1) is 6.04 Å². The Labute approximate surface area is 121 Å². The first-order chi connectivity index (χ1) is 9.86. The Morgan fingerprint density at radius 1 is 0.952 bits per heavy atom. The largest absolute Gasteiger partial charge is 0.271 e. The molecule has 2 aromatic rings. The van der Waals surface area contributed by atoms with Crippen molar-refractivity contribution in [3.8, 4) is 0 Å². The van der Waals surface area contributed by atoms with Crippen LogP contribution in [0.15, 0.2) is 42.5 Å². The third-order valence-electron chi connectivity index (χ3n) is 3.75. The summed E-state index contributed by atoms with van der Waals surface area (Å²) in [5, 5.41) is 0. The first kappa shape index (κ1) is 15.5. The van der Waals surface area contributed by atoms with Gasteiger partial charge >= 0.3 is 0 Å². The van der Waals surface area contributed by atoms with E-state index in [-0.39, 0.29) is 5.82 Å². The Kier molecular flexibility index (Phi) is 4.34. The van der Waals surface area contributed by atoms with E-state index < -0.39 is 23.1 Å². The molecule has 0 fully saturated rings. The molecular weight excluding hydrogens is 277 g/mol. The summed E-state index contributed by atoms with van der Waals surface area (Å²) in [6.45, 7) is 3.79. The second-order valence-electron chi connectivity index (χ2n) is 5.50. The standard InChI is InChI=1S/C16H17F3N2/c1-16(2,11-4-6-12(17)7-5-11)15(21-20)10-3-8-13(18)14(19)9-10/h3-9,15,21H,20H2,1-2H3. The van der Waals surface area contributed by atoms with Crippen LogP contribution in [0, 0.1) is 17.5 Å². The highest BCUT2D eigenvalue weighted by Gasteiger charge is 2.32. The SMILES string of the molecule is CC(C)(c1ccc(F)cc1)C(NN)c1ccc(F)c(F)c1. The van der Waals surface area contributed by atoms with Gasteiger partial charge in [0.25, 0.3) is 0 Å². The van der Waals surface area contributed by atoms with E-state index in [2.05, 4.69) is 5.43 Å². The van der Waals surface area contributed by atoms with E-state index in [9.17, 15) is 13.2 Å². The predicted octanol–water partition coefficient (Wildman–Crippen LogP) is 3.59. The number of benzene rings is 2. The van der Waals surface area contributed by atoms with E-state index in [4.69, 9.17) is 5.84 Å². The Balaban J connectivity index is 2.43. The fourth-order valence-electron chi connectivity index (χ4n) is 2.46. The van der Waals surface area contributed by atoms with Crippen molar-refractivity contribution in [2.75, 3.05) is 0 Å². The van der Waals surface area contributed by atoms with Crippen LogP contribution in [0.3, 0.4) is 0 Å². The van der Waals surface area contributed by atoms with E-state index in [0.29, 0.717) is 5.56 Å². The van der Waals surface area contributed by atoms with Crippen molar-refractivity contribution in [1.82, 2.24) is 5.43 Å². The number of nitrogens with two attached hydrogens (primary N) is 1. The van der Waals surface area contributed by atoms with E-state index >= 15 is 0 Å². The third-order valence-corrected chi connectivity index (χ3v) is 3.75. The number of rotatable bonds is 4. The molecule has 0 aliphatic carbocycles. The predicted molar refractivity (Wildman–Crippen MR) is 75.8 cm³/mol. The van der Waals surface area contributed by atoms with Gasteiger partial charge in [-0.05, 0) is 35.4 Å². The van der Waals surface area contributed by atoms with Gasteiger partial charge in [0.1, 0.15) is 5.82 Å². The highest BCUT2D eigenvalue weighted by atomic mass is 19.2. The molecular formula is C16H17F3N2. The molecule has 3 N–H and O–H groups in total. The van der Waals surface area contributed by atoms with Gasteiger partial charge in [-0.3, -0.25) is 11.3 Å². The van der Waals surface area contributed by atoms with Crippen molar-refractivity contribution in [3.05, 3.63) is 71.0 Å². The van der Waals surface area contributed by atoms with Gasteiger partial charge in [0.15, 0.2) is 11.6 Å². The van der Waals surface area contributed by atoms with Crippen molar-refractivity contribution >= 4 is 0 Å². The van der Waals surface area contributed by atoms with Gasteiger partial charge in [-0.25, -0.2) is 13.2 Å². The molecule has 0 aliphatic rings. The highest BCUT2D eigenvalue weighted by molar-refractivity contribution is 5.32. The van der Waals surface area contributed by atoms with Crippen LogP contribution in [0.4, 0.5) is 13.2 Å². The molecule has 0 amide bonds. The lowest BCUT2D eigenvalue weighted by molar-refractivity contribution is 0.350. The molecule has 0 spiro atoms. The topological polar surface area (TPSA) is 38.0 Å². The fourth-order valence-corrected chi connectivity index (χ4v) is 2.46. The molecule has 0 heterocycles. The average Bonchev–Trinajstić information content (AvgIpc) is 2.44. The van der Waals surface area contributed by atoms with Crippen molar-refractivity contribution in [2.24, 2.45) is 5.84 Å². The molecule has 1 atom stereocenters. The summed E-state index contributed by atoms with van der Waals surface area (Å²) in [4.78, 5) is 0. The highest BCUT2D eigenvalue weighted by Crippen LogP contribution is 2.36. The maximum absolute atomic E-state index is 13.4. The summed E-state index contributed by atoms with van der Waals surface area (Å²) >= 11 is 0. The van der Waals surface area contributed by atoms with Crippen molar-refractivity contribution in [3.63, 3.8) is 0 Å². The van der Waals surface area contributed by atoms with Crippen LogP contribution in [0.5, 0.6) is 0 Å². The summed E-state index contributed by atoms with van der Waals surface area (Å²) in [6, 6.07) is 9.22. The van der Waals surface area contributed by atoms with Crippen LogP contribution in [0.2, 0.25) is 0 Å². The molecule has 5 heteroatoms. The molecule has 0 saturated heterocycles. The second-order valence-corrected chi connectivity index (χ2v) is 5.50. The Morgan fingerprint density at radius 3 is 2.10 bits per heavy atom. The minimum absolute atomic E-state index is 0.334. The Bertz CT molecular complexity index is 624. The van der Waals surface area contributed by atoms with Crippen LogP contribution in [-0.4, -0.2) is 0 Å². The molecule has 2 aromatic carbocycles. The smallest absolute Gasteiger partial charge is 0.159 e. The van der Waals surface area contributed by atoms with Crippen molar-refractivity contribution in [2.45, 2.75) is 25.3 Å². The zero-order valence-corrected chi connectivity index (χ0v) is 11.8. The van der Waals surface area contributed by atoms with Crippen molar-refractivity contribution in [1.29, 1.82) is 0 Å². The maximum Gasteiger partial charge on any atom is 0.159 e. The molecule has 1 unspecified atom stereocenters. The van der Waals surface area contributed by atoms with Crippen molar-refractivity contribution < 1.29 is 13.2 Å². The quantitative estimate of drug-likeness (QED) is 0.668. The second kappa shape index (κ2) is 5.87. The Morgan fingerprint density at radius 2 is 1.57 bits per heavy atom. The zero-order chi connectivity index (χ0) is 15.6. The molecule has 2 nitrogen and oxygen atoms in total. The van der Waals surface area contributed by atoms with Gasteiger partial charge < -0.3 is 0 Å². The maximum atomic E-state index is 13.4. The first-order valence-corrected chi connectivity index (χ1v) is 6.53. The molecule has 0 aromatic heterocycles. The minimum atomic E-state index is -0.928. The lowest BCUT2D eigenvalue weighted by Gasteiger charge is -2.35. The molecule has 0 bridgehead atoms. The van der Waals surface area contributed by atoms with Crippen LogP contribution in [0.25, 0.3) is 0 Å². The summed E-state index contributed by atoms with van der Waals surface area (Å²) in [6.07, 6.45) is 0. The van der Waals surface area contributed by atoms with Crippen LogP contribution < -0.4 is 11.3 Å². The molecule has 21 heavy (non-hydrogen) atoms. The number of hydrogen-bond donors (Lipinski definition) is 2. The fraction of sp³-hybridized carbons (Fsp3) is 0.250. The third kappa shape index (κ3) is 3.09. The minimum Gasteiger partial charge on any atom is -0.271 e. The summed E-state index contributed by atoms with van der Waals surface area (Å²) in [7, 11) is 0.